The smallest absolute Gasteiger partial charge is 0.326 e. The number of hydrogen-bond acceptors (Lipinski definition) is 2. The number of aromatic amines is 1. The van der Waals surface area contributed by atoms with Crippen LogP contribution in [0, 0.1) is 0 Å². The molecule has 7 heteroatoms. The summed E-state index contributed by atoms with van der Waals surface area (Å²) in [5.41, 5.74) is 2.38. The van der Waals surface area contributed by atoms with E-state index in [0.29, 0.717) is 15.6 Å². The molecule has 0 radical (unpaired) electrons. The first-order valence-corrected chi connectivity index (χ1v) is 8.70. The zero-order chi connectivity index (χ0) is 18.7. The molecule has 0 saturated carbocycles. The summed E-state index contributed by atoms with van der Waals surface area (Å²) in [6, 6.07) is 11.4. The molecular formula is C19H16Cl2N2O3. The van der Waals surface area contributed by atoms with E-state index >= 15 is 0 Å². The van der Waals surface area contributed by atoms with E-state index in [1.54, 1.807) is 24.4 Å². The van der Waals surface area contributed by atoms with Crippen LogP contribution in [0.15, 0.2) is 48.7 Å². The second kappa shape index (κ2) is 7.81. The van der Waals surface area contributed by atoms with Crippen LogP contribution in [-0.4, -0.2) is 28.0 Å². The lowest BCUT2D eigenvalue weighted by Gasteiger charge is -2.15. The molecule has 0 bridgehead atoms. The number of H-pyrrole nitrogens is 1. The Morgan fingerprint density at radius 2 is 1.81 bits per heavy atom. The van der Waals surface area contributed by atoms with Crippen molar-refractivity contribution in [1.82, 2.24) is 10.3 Å². The number of nitrogens with one attached hydrogen (secondary N) is 2. The number of aromatic nitrogens is 1. The summed E-state index contributed by atoms with van der Waals surface area (Å²) in [5, 5.41) is 13.8. The van der Waals surface area contributed by atoms with E-state index in [4.69, 9.17) is 23.2 Å². The third kappa shape index (κ3) is 4.36. The summed E-state index contributed by atoms with van der Waals surface area (Å²) in [6.07, 6.45) is 1.94. The molecule has 5 nitrogen and oxygen atoms in total. The van der Waals surface area contributed by atoms with Gasteiger partial charge in [-0.2, -0.15) is 0 Å². The Balaban J connectivity index is 1.71. The Hall–Kier alpha value is -2.50. The highest BCUT2D eigenvalue weighted by atomic mass is 35.5. The van der Waals surface area contributed by atoms with Crippen molar-refractivity contribution in [3.8, 4) is 0 Å². The maximum atomic E-state index is 12.4. The number of halogens is 2. The topological polar surface area (TPSA) is 82.2 Å². The summed E-state index contributed by atoms with van der Waals surface area (Å²) in [6.45, 7) is 0. The van der Waals surface area contributed by atoms with Gasteiger partial charge >= 0.3 is 5.97 Å². The highest BCUT2D eigenvalue weighted by molar-refractivity contribution is 6.34. The van der Waals surface area contributed by atoms with Crippen LogP contribution in [0.3, 0.4) is 0 Å². The van der Waals surface area contributed by atoms with Crippen LogP contribution >= 0.6 is 23.2 Å². The molecule has 1 atom stereocenters. The van der Waals surface area contributed by atoms with E-state index in [1.807, 2.05) is 24.3 Å². The second-order valence-corrected chi connectivity index (χ2v) is 6.85. The van der Waals surface area contributed by atoms with E-state index in [0.717, 1.165) is 16.5 Å². The van der Waals surface area contributed by atoms with Crippen molar-refractivity contribution in [2.75, 3.05) is 0 Å². The van der Waals surface area contributed by atoms with Crippen LogP contribution < -0.4 is 5.32 Å². The lowest BCUT2D eigenvalue weighted by Crippen LogP contribution is -2.43. The number of amides is 1. The number of carboxylic acids is 1. The van der Waals surface area contributed by atoms with Gasteiger partial charge in [-0.15, -0.1) is 0 Å². The summed E-state index contributed by atoms with van der Waals surface area (Å²) in [5.74, 6) is -1.48. The zero-order valence-corrected chi connectivity index (χ0v) is 15.1. The van der Waals surface area contributed by atoms with Gasteiger partial charge in [0.05, 0.1) is 6.42 Å². The molecule has 3 rings (SSSR count). The minimum Gasteiger partial charge on any atom is -0.480 e. The standard InChI is InChI=1S/C19H16Cl2N2O3/c20-13-5-11(6-14(21)9-13)7-17(19(25)26)23-18(24)8-12-10-22-16-4-2-1-3-15(12)16/h1-6,9-10,17,22H,7-8H2,(H,23,24)(H,25,26). The quantitative estimate of drug-likeness (QED) is 0.597. The van der Waals surface area contributed by atoms with Gasteiger partial charge in [0.2, 0.25) is 5.91 Å². The maximum Gasteiger partial charge on any atom is 0.326 e. The molecule has 1 aromatic heterocycles. The molecule has 0 saturated heterocycles. The first kappa shape index (κ1) is 18.3. The van der Waals surface area contributed by atoms with Crippen molar-refractivity contribution < 1.29 is 14.7 Å². The predicted molar refractivity (Wildman–Crippen MR) is 102 cm³/mol. The Morgan fingerprint density at radius 3 is 2.50 bits per heavy atom. The van der Waals surface area contributed by atoms with Gasteiger partial charge in [0.15, 0.2) is 0 Å². The number of benzene rings is 2. The van der Waals surface area contributed by atoms with Gasteiger partial charge < -0.3 is 15.4 Å². The van der Waals surface area contributed by atoms with Gasteiger partial charge in [-0.05, 0) is 35.4 Å². The molecule has 1 heterocycles. The second-order valence-electron chi connectivity index (χ2n) is 5.98. The fraction of sp³-hybridized carbons (Fsp3) is 0.158. The van der Waals surface area contributed by atoms with Crippen LogP contribution in [0.1, 0.15) is 11.1 Å². The molecular weight excluding hydrogens is 375 g/mol. The molecule has 0 aliphatic heterocycles. The lowest BCUT2D eigenvalue weighted by atomic mass is 10.1. The van der Waals surface area contributed by atoms with E-state index in [9.17, 15) is 14.7 Å². The molecule has 1 amide bonds. The molecule has 134 valence electrons. The minimum absolute atomic E-state index is 0.0874. The fourth-order valence-corrected chi connectivity index (χ4v) is 3.43. The van der Waals surface area contributed by atoms with Crippen molar-refractivity contribution in [2.24, 2.45) is 0 Å². The first-order valence-electron chi connectivity index (χ1n) is 7.94. The van der Waals surface area contributed by atoms with Crippen LogP contribution in [0.25, 0.3) is 10.9 Å². The zero-order valence-electron chi connectivity index (χ0n) is 13.6. The molecule has 0 aliphatic rings. The number of rotatable bonds is 6. The van der Waals surface area contributed by atoms with Gasteiger partial charge in [-0.1, -0.05) is 41.4 Å². The van der Waals surface area contributed by atoms with Gasteiger partial charge in [0.25, 0.3) is 0 Å². The summed E-state index contributed by atoms with van der Waals surface area (Å²) in [7, 11) is 0. The summed E-state index contributed by atoms with van der Waals surface area (Å²) in [4.78, 5) is 27.0. The Bertz CT molecular complexity index is 948. The van der Waals surface area contributed by atoms with Crippen molar-refractivity contribution >= 4 is 46.0 Å². The normalized spacial score (nSPS) is 12.1. The Kier molecular flexibility index (Phi) is 5.49. The molecule has 0 spiro atoms. The summed E-state index contributed by atoms with van der Waals surface area (Å²) < 4.78 is 0. The molecule has 3 aromatic rings. The molecule has 1 unspecified atom stereocenters. The van der Waals surface area contributed by atoms with Crippen molar-refractivity contribution in [1.29, 1.82) is 0 Å². The van der Waals surface area contributed by atoms with Gasteiger partial charge in [0.1, 0.15) is 6.04 Å². The van der Waals surface area contributed by atoms with E-state index < -0.39 is 12.0 Å². The van der Waals surface area contributed by atoms with E-state index in [1.165, 1.54) is 0 Å². The van der Waals surface area contributed by atoms with Crippen LogP contribution in [0.4, 0.5) is 0 Å². The van der Waals surface area contributed by atoms with Gasteiger partial charge in [0, 0.05) is 33.6 Å². The third-order valence-electron chi connectivity index (χ3n) is 4.02. The SMILES string of the molecule is O=C(Cc1c[nH]c2ccccc12)NC(Cc1cc(Cl)cc(Cl)c1)C(=O)O. The molecule has 3 N–H and O–H groups in total. The minimum atomic E-state index is -1.12. The molecule has 2 aromatic carbocycles. The number of hydrogen-bond donors (Lipinski definition) is 3. The number of carbonyl (C=O) groups is 2. The number of aliphatic carboxylic acids is 1. The third-order valence-corrected chi connectivity index (χ3v) is 4.46. The maximum absolute atomic E-state index is 12.4. The fourth-order valence-electron chi connectivity index (χ4n) is 2.86. The number of para-hydroxylation sites is 1. The average Bonchev–Trinajstić information content (AvgIpc) is 2.96. The summed E-state index contributed by atoms with van der Waals surface area (Å²) >= 11 is 11.9. The molecule has 0 aliphatic carbocycles. The predicted octanol–water partition coefficient (Wildman–Crippen LogP) is 3.83. The average molecular weight is 391 g/mol. The molecule has 0 fully saturated rings. The van der Waals surface area contributed by atoms with Gasteiger partial charge in [-0.3, -0.25) is 4.79 Å². The Morgan fingerprint density at radius 1 is 1.12 bits per heavy atom. The largest absolute Gasteiger partial charge is 0.480 e. The molecule has 26 heavy (non-hydrogen) atoms. The van der Waals surface area contributed by atoms with E-state index in [-0.39, 0.29) is 18.7 Å². The lowest BCUT2D eigenvalue weighted by molar-refractivity contribution is -0.141. The highest BCUT2D eigenvalue weighted by Gasteiger charge is 2.21. The van der Waals surface area contributed by atoms with E-state index in [2.05, 4.69) is 10.3 Å². The first-order chi connectivity index (χ1) is 12.4. The number of fused-ring (bicyclic) bond motifs is 1. The van der Waals surface area contributed by atoms with Crippen LogP contribution in [0.2, 0.25) is 10.0 Å². The highest BCUT2D eigenvalue weighted by Crippen LogP contribution is 2.21. The van der Waals surface area contributed by atoms with Crippen molar-refractivity contribution in [3.63, 3.8) is 0 Å². The van der Waals surface area contributed by atoms with Gasteiger partial charge in [-0.25, -0.2) is 4.79 Å². The number of carboxylic acid groups (broad SMARTS) is 1. The van der Waals surface area contributed by atoms with Crippen molar-refractivity contribution in [3.05, 3.63) is 69.8 Å². The number of carbonyl (C=O) groups excluding carboxylic acids is 1. The van der Waals surface area contributed by atoms with Crippen molar-refractivity contribution in [2.45, 2.75) is 18.9 Å². The Labute approximate surface area is 159 Å². The monoisotopic (exact) mass is 390 g/mol. The van der Waals surface area contributed by atoms with Crippen LogP contribution in [0.5, 0.6) is 0 Å². The van der Waals surface area contributed by atoms with Crippen LogP contribution in [-0.2, 0) is 22.4 Å².